The zero-order chi connectivity index (χ0) is 22.8. The van der Waals surface area contributed by atoms with Gasteiger partial charge in [-0.05, 0) is 25.7 Å². The molecule has 0 fully saturated rings. The van der Waals surface area contributed by atoms with Gasteiger partial charge in [0.05, 0.1) is 19.8 Å². The van der Waals surface area contributed by atoms with Crippen LogP contribution in [0.5, 0.6) is 0 Å². The molecule has 4 heteroatoms. The van der Waals surface area contributed by atoms with E-state index in [1.807, 2.05) is 0 Å². The highest BCUT2D eigenvalue weighted by molar-refractivity contribution is 5.82. The van der Waals surface area contributed by atoms with E-state index in [1.54, 1.807) is 6.08 Å². The van der Waals surface area contributed by atoms with E-state index in [0.717, 1.165) is 12.8 Å². The van der Waals surface area contributed by atoms with Crippen molar-refractivity contribution < 1.29 is 19.4 Å². The number of hydrogen-bond donors (Lipinski definition) is 1. The predicted octanol–water partition coefficient (Wildman–Crippen LogP) is 7.53. The largest absolute Gasteiger partial charge is 0.460 e. The lowest BCUT2D eigenvalue weighted by Gasteiger charge is -2.09. The number of esters is 1. The minimum Gasteiger partial charge on any atom is -0.460 e. The molecule has 31 heavy (non-hydrogen) atoms. The predicted molar refractivity (Wildman–Crippen MR) is 131 cm³/mol. The smallest absolute Gasteiger partial charge is 0.330 e. The molecule has 0 radical (unpaired) electrons. The highest BCUT2D eigenvalue weighted by atomic mass is 16.6. The second kappa shape index (κ2) is 25.4. The standard InChI is InChI=1S/C27H52O4/c1-3-5-7-9-11-13-15-17-19-26(20-18-16-14-12-10-8-6-4-2)25-27(29)31-24-23-30-22-21-28/h25,28H,3-24H2,1-2H3. The molecule has 0 unspecified atom stereocenters. The first kappa shape index (κ1) is 30.1. The molecule has 0 aromatic carbocycles. The quantitative estimate of drug-likeness (QED) is 0.0957. The summed E-state index contributed by atoms with van der Waals surface area (Å²) in [6.07, 6.45) is 24.7. The van der Waals surface area contributed by atoms with Crippen LogP contribution in [0.1, 0.15) is 129 Å². The van der Waals surface area contributed by atoms with Gasteiger partial charge < -0.3 is 14.6 Å². The SMILES string of the molecule is CCCCCCCCCCC(=CC(=O)OCCOCCO)CCCCCCCCCC. The second-order valence-electron chi connectivity index (χ2n) is 8.76. The second-order valence-corrected chi connectivity index (χ2v) is 8.76. The van der Waals surface area contributed by atoms with Gasteiger partial charge in [-0.25, -0.2) is 4.79 Å². The van der Waals surface area contributed by atoms with Crippen molar-refractivity contribution >= 4 is 5.97 Å². The van der Waals surface area contributed by atoms with Gasteiger partial charge in [-0.2, -0.15) is 0 Å². The van der Waals surface area contributed by atoms with Crippen molar-refractivity contribution in [3.8, 4) is 0 Å². The fourth-order valence-electron chi connectivity index (χ4n) is 3.82. The Hall–Kier alpha value is -0.870. The molecule has 0 saturated carbocycles. The van der Waals surface area contributed by atoms with E-state index in [0.29, 0.717) is 6.61 Å². The molecule has 1 N–H and O–H groups in total. The fraction of sp³-hybridized carbons (Fsp3) is 0.889. The lowest BCUT2D eigenvalue weighted by Crippen LogP contribution is -2.11. The van der Waals surface area contributed by atoms with Crippen LogP contribution >= 0.6 is 0 Å². The summed E-state index contributed by atoms with van der Waals surface area (Å²) in [5.41, 5.74) is 1.25. The van der Waals surface area contributed by atoms with E-state index in [-0.39, 0.29) is 25.8 Å². The first-order valence-corrected chi connectivity index (χ1v) is 13.3. The lowest BCUT2D eigenvalue weighted by atomic mass is 9.99. The maximum Gasteiger partial charge on any atom is 0.330 e. The van der Waals surface area contributed by atoms with Crippen LogP contribution in [0.2, 0.25) is 0 Å². The van der Waals surface area contributed by atoms with Gasteiger partial charge in [0.1, 0.15) is 6.61 Å². The summed E-state index contributed by atoms with van der Waals surface area (Å²) in [7, 11) is 0. The highest BCUT2D eigenvalue weighted by Crippen LogP contribution is 2.19. The number of ether oxygens (including phenoxy) is 2. The van der Waals surface area contributed by atoms with Gasteiger partial charge in [0.2, 0.25) is 0 Å². The summed E-state index contributed by atoms with van der Waals surface area (Å²) in [5.74, 6) is -0.248. The van der Waals surface area contributed by atoms with Crippen molar-refractivity contribution in [3.05, 3.63) is 11.6 Å². The van der Waals surface area contributed by atoms with E-state index in [2.05, 4.69) is 13.8 Å². The third-order valence-electron chi connectivity index (χ3n) is 5.73. The normalized spacial score (nSPS) is 10.9. The third-order valence-corrected chi connectivity index (χ3v) is 5.73. The molecule has 0 aliphatic rings. The number of carbonyl (C=O) groups is 1. The Morgan fingerprint density at radius 2 is 1.10 bits per heavy atom. The minimum absolute atomic E-state index is 0.00476. The maximum atomic E-state index is 12.2. The summed E-state index contributed by atoms with van der Waals surface area (Å²) >= 11 is 0. The summed E-state index contributed by atoms with van der Waals surface area (Å²) < 4.78 is 10.4. The van der Waals surface area contributed by atoms with Gasteiger partial charge in [-0.1, -0.05) is 109 Å². The highest BCUT2D eigenvalue weighted by Gasteiger charge is 2.05. The zero-order valence-electron chi connectivity index (χ0n) is 20.8. The molecule has 0 rings (SSSR count). The molecular weight excluding hydrogens is 388 g/mol. The van der Waals surface area contributed by atoms with Crippen LogP contribution in [0, 0.1) is 0 Å². The lowest BCUT2D eigenvalue weighted by molar-refractivity contribution is -0.139. The molecule has 0 atom stereocenters. The van der Waals surface area contributed by atoms with Gasteiger partial charge in [-0.15, -0.1) is 0 Å². The average Bonchev–Trinajstić information content (AvgIpc) is 2.77. The molecular formula is C27H52O4. The third kappa shape index (κ3) is 23.6. The molecule has 0 amide bonds. The molecule has 0 aliphatic carbocycles. The first-order chi connectivity index (χ1) is 15.2. The Balaban J connectivity index is 4.14. The van der Waals surface area contributed by atoms with Gasteiger partial charge in [0.25, 0.3) is 0 Å². The molecule has 0 saturated heterocycles. The van der Waals surface area contributed by atoms with E-state index in [9.17, 15) is 4.79 Å². The molecule has 184 valence electrons. The number of rotatable bonds is 24. The maximum absolute atomic E-state index is 12.2. The van der Waals surface area contributed by atoms with Crippen LogP contribution in [-0.4, -0.2) is 37.5 Å². The van der Waals surface area contributed by atoms with Crippen molar-refractivity contribution in [2.24, 2.45) is 0 Å². The fourth-order valence-corrected chi connectivity index (χ4v) is 3.82. The Morgan fingerprint density at radius 3 is 1.55 bits per heavy atom. The Labute approximate surface area is 193 Å². The van der Waals surface area contributed by atoms with Crippen molar-refractivity contribution in [2.45, 2.75) is 129 Å². The van der Waals surface area contributed by atoms with Crippen LogP contribution in [0.4, 0.5) is 0 Å². The topological polar surface area (TPSA) is 55.8 Å². The van der Waals surface area contributed by atoms with Crippen LogP contribution in [0.25, 0.3) is 0 Å². The van der Waals surface area contributed by atoms with Gasteiger partial charge in [0, 0.05) is 6.08 Å². The van der Waals surface area contributed by atoms with Crippen molar-refractivity contribution in [1.82, 2.24) is 0 Å². The van der Waals surface area contributed by atoms with Gasteiger partial charge in [0.15, 0.2) is 0 Å². The molecule has 4 nitrogen and oxygen atoms in total. The van der Waals surface area contributed by atoms with Crippen LogP contribution in [-0.2, 0) is 14.3 Å². The first-order valence-electron chi connectivity index (χ1n) is 13.3. The number of unbranched alkanes of at least 4 members (excludes halogenated alkanes) is 14. The zero-order valence-corrected chi connectivity index (χ0v) is 20.8. The molecule has 0 heterocycles. The molecule has 0 aromatic heterocycles. The summed E-state index contributed by atoms with van der Waals surface area (Å²) in [5, 5.41) is 8.70. The Bertz CT molecular complexity index is 384. The van der Waals surface area contributed by atoms with Crippen LogP contribution in [0.15, 0.2) is 11.6 Å². The van der Waals surface area contributed by atoms with Crippen molar-refractivity contribution in [2.75, 3.05) is 26.4 Å². The Kier molecular flexibility index (Phi) is 24.7. The minimum atomic E-state index is -0.248. The molecule has 0 bridgehead atoms. The number of aliphatic hydroxyl groups is 1. The Morgan fingerprint density at radius 1 is 0.645 bits per heavy atom. The summed E-state index contributed by atoms with van der Waals surface area (Å²) in [6.45, 7) is 5.38. The van der Waals surface area contributed by atoms with E-state index in [1.165, 1.54) is 108 Å². The number of hydrogen-bond acceptors (Lipinski definition) is 4. The van der Waals surface area contributed by atoms with Gasteiger partial charge >= 0.3 is 5.97 Å². The van der Waals surface area contributed by atoms with Crippen molar-refractivity contribution in [1.29, 1.82) is 0 Å². The monoisotopic (exact) mass is 440 g/mol. The number of aliphatic hydroxyl groups excluding tert-OH is 1. The number of carbonyl (C=O) groups excluding carboxylic acids is 1. The summed E-state index contributed by atoms with van der Waals surface area (Å²) in [4.78, 5) is 12.2. The van der Waals surface area contributed by atoms with Crippen LogP contribution < -0.4 is 0 Å². The molecule has 0 spiro atoms. The average molecular weight is 441 g/mol. The van der Waals surface area contributed by atoms with Crippen LogP contribution in [0.3, 0.4) is 0 Å². The van der Waals surface area contributed by atoms with E-state index in [4.69, 9.17) is 14.6 Å². The molecule has 0 aromatic rings. The summed E-state index contributed by atoms with van der Waals surface area (Å²) in [6, 6.07) is 0. The van der Waals surface area contributed by atoms with E-state index < -0.39 is 0 Å². The molecule has 0 aliphatic heterocycles. The van der Waals surface area contributed by atoms with Crippen molar-refractivity contribution in [3.63, 3.8) is 0 Å². The van der Waals surface area contributed by atoms with E-state index >= 15 is 0 Å². The van der Waals surface area contributed by atoms with Gasteiger partial charge in [-0.3, -0.25) is 0 Å². The number of allylic oxidation sites excluding steroid dienone is 1.